The van der Waals surface area contributed by atoms with E-state index >= 15 is 4.39 Å². The number of amides is 2. The van der Waals surface area contributed by atoms with Crippen LogP contribution in [-0.2, 0) is 9.59 Å². The van der Waals surface area contributed by atoms with Crippen LogP contribution in [0.2, 0.25) is 0 Å². The molecule has 1 aromatic heterocycles. The molecule has 1 aliphatic heterocycles. The molecule has 0 radical (unpaired) electrons. The molecule has 4 aromatic rings. The first-order valence-corrected chi connectivity index (χ1v) is 18.1. The van der Waals surface area contributed by atoms with Gasteiger partial charge in [0.15, 0.2) is 11.6 Å². The maximum absolute atomic E-state index is 15.3. The second-order valence-electron chi connectivity index (χ2n) is 12.8. The van der Waals surface area contributed by atoms with E-state index in [2.05, 4.69) is 20.9 Å². The Morgan fingerprint density at radius 2 is 1.53 bits per heavy atom. The Morgan fingerprint density at radius 3 is 2.18 bits per heavy atom. The Morgan fingerprint density at radius 1 is 0.857 bits per heavy atom. The van der Waals surface area contributed by atoms with Crippen molar-refractivity contribution in [2.24, 2.45) is 5.41 Å². The average molecular weight is 689 g/mol. The molecule has 2 amide bonds. The third kappa shape index (κ3) is 7.99. The van der Waals surface area contributed by atoms with Crippen LogP contribution in [0.4, 0.5) is 20.2 Å². The molecule has 2 heterocycles. The molecule has 0 atom stereocenters. The number of nitrogens with one attached hydrogen (secondary N) is 3. The van der Waals surface area contributed by atoms with Crippen molar-refractivity contribution in [1.29, 1.82) is 0 Å². The molecule has 3 fully saturated rings. The number of nitrogens with zero attached hydrogens (tertiary/aromatic N) is 1. The molecule has 11 heteroatoms. The summed E-state index contributed by atoms with van der Waals surface area (Å²) in [5, 5.41) is 9.90. The SMILES string of the molecule is CC.Cc1cc2c(Oc3ccc(NC(=O)C4(C(=O)Nc5ccc(F)cc5)CC4)cc3F)ccnc2cc1OCC1(NC2CCSCC2)CC1. The van der Waals surface area contributed by atoms with Gasteiger partial charge in [0, 0.05) is 41.1 Å². The van der Waals surface area contributed by atoms with Crippen molar-refractivity contribution in [2.45, 2.75) is 70.9 Å². The van der Waals surface area contributed by atoms with Crippen LogP contribution in [0.5, 0.6) is 17.2 Å². The van der Waals surface area contributed by atoms with Gasteiger partial charge in [-0.3, -0.25) is 14.6 Å². The van der Waals surface area contributed by atoms with Crippen LogP contribution in [0, 0.1) is 24.0 Å². The number of carbonyl (C=O) groups excluding carboxylic acids is 2. The summed E-state index contributed by atoms with van der Waals surface area (Å²) in [4.78, 5) is 30.4. The van der Waals surface area contributed by atoms with Gasteiger partial charge in [-0.25, -0.2) is 8.78 Å². The van der Waals surface area contributed by atoms with E-state index in [-0.39, 0.29) is 17.0 Å². The van der Waals surface area contributed by atoms with E-state index in [9.17, 15) is 14.0 Å². The van der Waals surface area contributed by atoms with E-state index in [0.29, 0.717) is 42.4 Å². The first-order valence-electron chi connectivity index (χ1n) is 17.0. The lowest BCUT2D eigenvalue weighted by atomic mass is 10.0. The molecule has 49 heavy (non-hydrogen) atoms. The highest BCUT2D eigenvalue weighted by atomic mass is 32.2. The minimum atomic E-state index is -1.26. The molecule has 258 valence electrons. The van der Waals surface area contributed by atoms with Gasteiger partial charge in [0.05, 0.1) is 11.1 Å². The fraction of sp³-hybridized carbons (Fsp3) is 0.395. The fourth-order valence-corrected chi connectivity index (χ4v) is 7.08. The number of carbonyl (C=O) groups is 2. The van der Waals surface area contributed by atoms with Gasteiger partial charge in [-0.1, -0.05) is 13.8 Å². The van der Waals surface area contributed by atoms with Crippen LogP contribution >= 0.6 is 11.8 Å². The maximum atomic E-state index is 15.3. The lowest BCUT2D eigenvalue weighted by Crippen LogP contribution is -2.45. The largest absolute Gasteiger partial charge is 0.491 e. The number of benzene rings is 3. The molecular formula is C38H42F2N4O4S. The van der Waals surface area contributed by atoms with E-state index < -0.39 is 28.9 Å². The number of aromatic nitrogens is 1. The van der Waals surface area contributed by atoms with E-state index in [4.69, 9.17) is 9.47 Å². The Kier molecular flexibility index (Phi) is 10.4. The zero-order chi connectivity index (χ0) is 34.6. The van der Waals surface area contributed by atoms with Crippen molar-refractivity contribution < 1.29 is 27.8 Å². The molecule has 2 aliphatic carbocycles. The number of fused-ring (bicyclic) bond motifs is 1. The Hall–Kier alpha value is -4.22. The van der Waals surface area contributed by atoms with Gasteiger partial charge in [-0.2, -0.15) is 11.8 Å². The van der Waals surface area contributed by atoms with Crippen LogP contribution in [0.15, 0.2) is 66.9 Å². The lowest BCUT2D eigenvalue weighted by molar-refractivity contribution is -0.131. The van der Waals surface area contributed by atoms with E-state index in [1.54, 1.807) is 12.3 Å². The van der Waals surface area contributed by atoms with Crippen LogP contribution in [0.3, 0.4) is 0 Å². The summed E-state index contributed by atoms with van der Waals surface area (Å²) >= 11 is 2.02. The molecule has 1 saturated heterocycles. The van der Waals surface area contributed by atoms with Gasteiger partial charge in [-0.05, 0) is 111 Å². The van der Waals surface area contributed by atoms with Gasteiger partial charge in [-0.15, -0.1) is 0 Å². The summed E-state index contributed by atoms with van der Waals surface area (Å²) in [5.74, 6) is 1.47. The first kappa shape index (κ1) is 34.6. The zero-order valence-corrected chi connectivity index (χ0v) is 28.9. The van der Waals surface area contributed by atoms with E-state index in [1.807, 2.05) is 44.7 Å². The van der Waals surface area contributed by atoms with Crippen molar-refractivity contribution in [3.63, 3.8) is 0 Å². The third-order valence-electron chi connectivity index (χ3n) is 9.22. The maximum Gasteiger partial charge on any atom is 0.240 e. The van der Waals surface area contributed by atoms with Crippen molar-refractivity contribution in [1.82, 2.24) is 10.3 Å². The van der Waals surface area contributed by atoms with Gasteiger partial charge in [0.25, 0.3) is 0 Å². The molecule has 3 N–H and O–H groups in total. The Labute approximate surface area is 289 Å². The minimum Gasteiger partial charge on any atom is -0.491 e. The van der Waals surface area contributed by atoms with Gasteiger partial charge in [0.1, 0.15) is 29.3 Å². The third-order valence-corrected chi connectivity index (χ3v) is 10.3. The number of aryl methyl sites for hydroxylation is 1. The van der Waals surface area contributed by atoms with Crippen molar-refractivity contribution in [3.8, 4) is 17.2 Å². The average Bonchev–Trinajstić information content (AvgIpc) is 4.05. The number of pyridine rings is 1. The van der Waals surface area contributed by atoms with Gasteiger partial charge in [0.2, 0.25) is 11.8 Å². The number of halogens is 2. The number of thioether (sulfide) groups is 1. The summed E-state index contributed by atoms with van der Waals surface area (Å²) in [5.41, 5.74) is 0.966. The number of ether oxygens (including phenoxy) is 2. The first-order chi connectivity index (χ1) is 23.7. The quantitative estimate of drug-likeness (QED) is 0.136. The standard InChI is InChI=1S/C36H36F2N4O4S.C2H6/c1-22-18-27-29(20-32(22)45-21-35(11-12-35)42-25-9-16-47-17-10-25)39-15-8-30(27)46-31-7-6-26(19-28(31)38)41-34(44)36(13-14-36)33(43)40-24-4-2-23(37)3-5-24;1-2/h2-8,15,18-20,25,42H,9-14,16-17,21H2,1H3,(H,40,43)(H,41,44);1-2H3. The molecule has 2 saturated carbocycles. The normalized spacial score (nSPS) is 17.3. The van der Waals surface area contributed by atoms with Crippen molar-refractivity contribution in [3.05, 3.63) is 84.1 Å². The molecule has 7 rings (SSSR count). The lowest BCUT2D eigenvalue weighted by Gasteiger charge is -2.28. The summed E-state index contributed by atoms with van der Waals surface area (Å²) in [7, 11) is 0. The summed E-state index contributed by atoms with van der Waals surface area (Å²) in [6.07, 6.45) is 6.95. The highest BCUT2D eigenvalue weighted by Crippen LogP contribution is 2.48. The number of anilines is 2. The Bertz CT molecular complexity index is 1820. The van der Waals surface area contributed by atoms with Crippen LogP contribution in [0.25, 0.3) is 10.9 Å². The zero-order valence-electron chi connectivity index (χ0n) is 28.0. The molecular weight excluding hydrogens is 647 g/mol. The summed E-state index contributed by atoms with van der Waals surface area (Å²) < 4.78 is 40.8. The number of hydrogen-bond donors (Lipinski definition) is 3. The second-order valence-corrected chi connectivity index (χ2v) is 14.0. The number of hydrogen-bond acceptors (Lipinski definition) is 7. The van der Waals surface area contributed by atoms with Crippen LogP contribution in [0.1, 0.15) is 57.9 Å². The smallest absolute Gasteiger partial charge is 0.240 e. The molecule has 3 aliphatic rings. The van der Waals surface area contributed by atoms with E-state index in [0.717, 1.165) is 35.6 Å². The molecule has 0 bridgehead atoms. The minimum absolute atomic E-state index is 0.0217. The summed E-state index contributed by atoms with van der Waals surface area (Å²) in [6.45, 7) is 6.58. The second kappa shape index (κ2) is 14.7. The molecule has 8 nitrogen and oxygen atoms in total. The highest BCUT2D eigenvalue weighted by Gasteiger charge is 2.56. The predicted molar refractivity (Wildman–Crippen MR) is 191 cm³/mol. The monoisotopic (exact) mass is 688 g/mol. The van der Waals surface area contributed by atoms with Gasteiger partial charge >= 0.3 is 0 Å². The molecule has 3 aromatic carbocycles. The van der Waals surface area contributed by atoms with E-state index in [1.165, 1.54) is 60.7 Å². The van der Waals surface area contributed by atoms with Crippen molar-refractivity contribution >= 4 is 45.9 Å². The highest BCUT2D eigenvalue weighted by molar-refractivity contribution is 7.99. The Balaban J connectivity index is 0.00000205. The molecule has 0 spiro atoms. The summed E-state index contributed by atoms with van der Waals surface area (Å²) in [6, 6.07) is 15.5. The molecule has 0 unspecified atom stereocenters. The van der Waals surface area contributed by atoms with Crippen molar-refractivity contribution in [2.75, 3.05) is 28.7 Å². The predicted octanol–water partition coefficient (Wildman–Crippen LogP) is 8.39. The van der Waals surface area contributed by atoms with Crippen LogP contribution in [-0.4, -0.2) is 46.5 Å². The van der Waals surface area contributed by atoms with Gasteiger partial charge < -0.3 is 25.4 Å². The number of rotatable bonds is 11. The fourth-order valence-electron chi connectivity index (χ4n) is 5.97. The van der Waals surface area contributed by atoms with Crippen LogP contribution < -0.4 is 25.4 Å². The topological polar surface area (TPSA) is 102 Å².